The van der Waals surface area contributed by atoms with Gasteiger partial charge in [0.1, 0.15) is 24.7 Å². The average Bonchev–Trinajstić information content (AvgIpc) is 2.98. The van der Waals surface area contributed by atoms with Crippen LogP contribution in [0.5, 0.6) is 5.75 Å². The molecule has 0 aliphatic heterocycles. The first-order chi connectivity index (χ1) is 19.6. The molecule has 0 radical (unpaired) electrons. The van der Waals surface area contributed by atoms with Crippen molar-refractivity contribution in [2.75, 3.05) is 26.4 Å². The van der Waals surface area contributed by atoms with Crippen LogP contribution in [0.3, 0.4) is 0 Å². The summed E-state index contributed by atoms with van der Waals surface area (Å²) in [5, 5.41) is 25.6. The fourth-order valence-electron chi connectivity index (χ4n) is 3.39. The average molecular weight is 545 g/mol. The highest BCUT2D eigenvalue weighted by molar-refractivity contribution is 5.93. The maximum Gasteiger partial charge on any atom is 0.264 e. The lowest BCUT2D eigenvalue weighted by molar-refractivity contribution is -0.117. The number of aliphatic hydroxyl groups is 2. The van der Waals surface area contributed by atoms with Gasteiger partial charge < -0.3 is 19.7 Å². The molecule has 0 bridgehead atoms. The van der Waals surface area contributed by atoms with E-state index in [1.165, 1.54) is 18.4 Å². The molecule has 0 spiro atoms. The van der Waals surface area contributed by atoms with Gasteiger partial charge in [0.15, 0.2) is 0 Å². The zero-order chi connectivity index (χ0) is 28.4. The second-order valence-electron chi connectivity index (χ2n) is 8.38. The third kappa shape index (κ3) is 11.3. The summed E-state index contributed by atoms with van der Waals surface area (Å²) in [6, 6.07) is 14.4. The number of nitrogens with zero attached hydrogens (tertiary/aromatic N) is 2. The van der Waals surface area contributed by atoms with E-state index in [0.29, 0.717) is 11.5 Å². The van der Waals surface area contributed by atoms with Crippen molar-refractivity contribution in [2.45, 2.75) is 12.8 Å². The van der Waals surface area contributed by atoms with Gasteiger partial charge in [-0.15, -0.1) is 0 Å². The number of ether oxygens (including phenoxy) is 2. The molecule has 2 amide bonds. The van der Waals surface area contributed by atoms with Crippen LogP contribution < -0.4 is 15.6 Å². The van der Waals surface area contributed by atoms with Crippen molar-refractivity contribution in [1.82, 2.24) is 10.9 Å². The molecule has 208 valence electrons. The maximum atomic E-state index is 12.1. The Morgan fingerprint density at radius 2 is 1.45 bits per heavy atom. The molecule has 0 saturated carbocycles. The van der Waals surface area contributed by atoms with E-state index in [4.69, 9.17) is 19.7 Å². The minimum absolute atomic E-state index is 0.0508. The largest absolute Gasteiger partial charge is 0.492 e. The second-order valence-corrected chi connectivity index (χ2v) is 8.38. The van der Waals surface area contributed by atoms with E-state index in [2.05, 4.69) is 21.1 Å². The van der Waals surface area contributed by atoms with Gasteiger partial charge in [0.25, 0.3) is 11.8 Å². The van der Waals surface area contributed by atoms with Crippen LogP contribution in [0.2, 0.25) is 0 Å². The van der Waals surface area contributed by atoms with Crippen LogP contribution >= 0.6 is 0 Å². The molecule has 10 heteroatoms. The molecule has 0 aromatic heterocycles. The zero-order valence-corrected chi connectivity index (χ0v) is 21.9. The highest BCUT2D eigenvalue weighted by Crippen LogP contribution is 2.16. The monoisotopic (exact) mass is 544 g/mol. The van der Waals surface area contributed by atoms with Crippen LogP contribution in [0.1, 0.15) is 29.5 Å². The fraction of sp³-hybridized carbons (Fsp3) is 0.200. The van der Waals surface area contributed by atoms with Gasteiger partial charge in [-0.25, -0.2) is 10.9 Å². The molecule has 1 aliphatic carbocycles. The molecule has 3 rings (SSSR count). The highest BCUT2D eigenvalue weighted by Gasteiger charge is 2.05. The van der Waals surface area contributed by atoms with Gasteiger partial charge in [0, 0.05) is 12.2 Å². The van der Waals surface area contributed by atoms with Crippen molar-refractivity contribution >= 4 is 36.4 Å². The highest BCUT2D eigenvalue weighted by atomic mass is 16.5. The molecule has 10 nitrogen and oxygen atoms in total. The summed E-state index contributed by atoms with van der Waals surface area (Å²) >= 11 is 0. The summed E-state index contributed by atoms with van der Waals surface area (Å²) in [5.41, 5.74) is 8.15. The molecule has 0 heterocycles. The Hall–Kier alpha value is -4.80. The van der Waals surface area contributed by atoms with Crippen molar-refractivity contribution in [3.63, 3.8) is 0 Å². The topological polar surface area (TPSA) is 142 Å². The number of rotatable bonds is 14. The fourth-order valence-corrected chi connectivity index (χ4v) is 3.39. The van der Waals surface area contributed by atoms with E-state index in [0.717, 1.165) is 35.1 Å². The number of hydrogen-bond acceptors (Lipinski definition) is 8. The zero-order valence-electron chi connectivity index (χ0n) is 21.9. The molecule has 4 N–H and O–H groups in total. The third-order valence-electron chi connectivity index (χ3n) is 5.27. The smallest absolute Gasteiger partial charge is 0.264 e. The standard InChI is InChI=1S/C30H32N4O6/c35-15-17-39-27-5-1-3-25(19-27)21-31-33-29(37)13-11-23-7-9-24(10-8-23)12-14-30(38)34-32-22-26-4-2-6-28(20-26)40-18-16-36/h1,3,5-14,19-22,35-36H,2,4,15-18H2,(H,33,37)(H,34,38)/b13-11+,14-12+,31-21+,32-22+. The number of hydrogen-bond donors (Lipinski definition) is 4. The van der Waals surface area contributed by atoms with Crippen LogP contribution in [-0.2, 0) is 14.3 Å². The number of aliphatic hydroxyl groups excluding tert-OH is 2. The number of hydrazone groups is 2. The molecule has 2 aromatic carbocycles. The van der Waals surface area contributed by atoms with E-state index in [-0.39, 0.29) is 38.2 Å². The molecule has 0 atom stereocenters. The summed E-state index contributed by atoms with van der Waals surface area (Å²) < 4.78 is 10.7. The van der Waals surface area contributed by atoms with Gasteiger partial charge in [-0.05, 0) is 71.5 Å². The summed E-state index contributed by atoms with van der Waals surface area (Å²) in [4.78, 5) is 24.1. The maximum absolute atomic E-state index is 12.1. The van der Waals surface area contributed by atoms with Gasteiger partial charge >= 0.3 is 0 Å². The number of nitrogens with one attached hydrogen (secondary N) is 2. The lowest BCUT2D eigenvalue weighted by Gasteiger charge is -2.11. The van der Waals surface area contributed by atoms with Crippen molar-refractivity contribution in [3.8, 4) is 5.75 Å². The Morgan fingerprint density at radius 3 is 2.10 bits per heavy atom. The van der Waals surface area contributed by atoms with Crippen LogP contribution in [0.15, 0.2) is 94.4 Å². The molecule has 0 fully saturated rings. The van der Waals surface area contributed by atoms with Crippen molar-refractivity contribution in [3.05, 3.63) is 101 Å². The predicted octanol–water partition coefficient (Wildman–Crippen LogP) is 2.95. The van der Waals surface area contributed by atoms with E-state index >= 15 is 0 Å². The molecular formula is C30H32N4O6. The van der Waals surface area contributed by atoms with E-state index < -0.39 is 0 Å². The third-order valence-corrected chi connectivity index (χ3v) is 5.27. The van der Waals surface area contributed by atoms with E-state index in [1.807, 2.05) is 42.5 Å². The summed E-state index contributed by atoms with van der Waals surface area (Å²) in [5.74, 6) is 0.525. The number of amides is 2. The first-order valence-electron chi connectivity index (χ1n) is 12.7. The summed E-state index contributed by atoms with van der Waals surface area (Å²) in [6.07, 6.45) is 14.5. The number of allylic oxidation sites excluding steroid dienone is 3. The minimum atomic E-state index is -0.390. The van der Waals surface area contributed by atoms with Gasteiger partial charge in [0.2, 0.25) is 0 Å². The Morgan fingerprint density at radius 1 is 0.825 bits per heavy atom. The first kappa shape index (κ1) is 29.8. The first-order valence-corrected chi connectivity index (χ1v) is 12.7. The van der Waals surface area contributed by atoms with Crippen LogP contribution in [0.25, 0.3) is 12.2 Å². The molecular weight excluding hydrogens is 512 g/mol. The van der Waals surface area contributed by atoms with Crippen LogP contribution in [-0.4, -0.2) is 60.9 Å². The minimum Gasteiger partial charge on any atom is -0.492 e. The van der Waals surface area contributed by atoms with Crippen molar-refractivity contribution < 1.29 is 29.3 Å². The Kier molecular flexibility index (Phi) is 12.6. The van der Waals surface area contributed by atoms with Gasteiger partial charge in [0.05, 0.1) is 25.6 Å². The lowest BCUT2D eigenvalue weighted by atomic mass is 10.1. The summed E-state index contributed by atoms with van der Waals surface area (Å²) in [6.45, 7) is 0.310. The predicted molar refractivity (Wildman–Crippen MR) is 154 cm³/mol. The Balaban J connectivity index is 1.42. The lowest BCUT2D eigenvalue weighted by Crippen LogP contribution is -2.14. The SMILES string of the molecule is O=C(/C=C/c1ccc(/C=C/C(=O)N/N=C/c2cccc(OCCO)c2)cc1)N/N=C/C1=CC(OCCO)=CCC1. The van der Waals surface area contributed by atoms with Gasteiger partial charge in [-0.1, -0.05) is 36.4 Å². The van der Waals surface area contributed by atoms with Crippen molar-refractivity contribution in [2.24, 2.45) is 10.2 Å². The number of carbonyl (C=O) groups excluding carboxylic acids is 2. The van der Waals surface area contributed by atoms with Crippen molar-refractivity contribution in [1.29, 1.82) is 0 Å². The Bertz CT molecular complexity index is 1310. The van der Waals surface area contributed by atoms with E-state index in [9.17, 15) is 9.59 Å². The Labute approximate surface area is 232 Å². The number of benzene rings is 2. The molecule has 0 saturated heterocycles. The number of carbonyl (C=O) groups is 2. The van der Waals surface area contributed by atoms with Gasteiger partial charge in [-0.2, -0.15) is 10.2 Å². The van der Waals surface area contributed by atoms with Crippen LogP contribution in [0, 0.1) is 0 Å². The van der Waals surface area contributed by atoms with E-state index in [1.54, 1.807) is 36.6 Å². The molecule has 1 aliphatic rings. The molecule has 0 unspecified atom stereocenters. The molecule has 2 aromatic rings. The van der Waals surface area contributed by atoms with Gasteiger partial charge in [-0.3, -0.25) is 9.59 Å². The summed E-state index contributed by atoms with van der Waals surface area (Å²) in [7, 11) is 0. The van der Waals surface area contributed by atoms with Crippen LogP contribution in [0.4, 0.5) is 0 Å². The quantitative estimate of drug-likeness (QED) is 0.164. The molecule has 40 heavy (non-hydrogen) atoms. The second kappa shape index (κ2) is 16.9. The normalized spacial score (nSPS) is 13.6.